The molecular weight excluding hydrogens is 340 g/mol. The van der Waals surface area contributed by atoms with Crippen LogP contribution < -0.4 is 4.90 Å². The molecule has 1 aliphatic carbocycles. The summed E-state index contributed by atoms with van der Waals surface area (Å²) in [6.07, 6.45) is 2.64. The second-order valence-electron chi connectivity index (χ2n) is 9.39. The number of aliphatic hydroxyl groups is 1. The van der Waals surface area contributed by atoms with Crippen molar-refractivity contribution in [1.29, 1.82) is 0 Å². The van der Waals surface area contributed by atoms with Gasteiger partial charge in [0, 0.05) is 43.6 Å². The van der Waals surface area contributed by atoms with Crippen LogP contribution in [0.1, 0.15) is 38.7 Å². The summed E-state index contributed by atoms with van der Waals surface area (Å²) in [5.74, 6) is 0.897. The molecule has 5 heteroatoms. The molecule has 5 fully saturated rings. The predicted octanol–water partition coefficient (Wildman–Crippen LogP) is 2.13. The molecule has 27 heavy (non-hydrogen) atoms. The Balaban J connectivity index is 1.60. The summed E-state index contributed by atoms with van der Waals surface area (Å²) in [5.41, 5.74) is 2.49. The van der Waals surface area contributed by atoms with Gasteiger partial charge < -0.3 is 14.7 Å². The van der Waals surface area contributed by atoms with Gasteiger partial charge in [-0.2, -0.15) is 0 Å². The van der Waals surface area contributed by atoms with Gasteiger partial charge in [0.05, 0.1) is 11.5 Å². The average molecular weight is 368 g/mol. The summed E-state index contributed by atoms with van der Waals surface area (Å²) in [5, 5.41) is 11.2. The third-order valence-electron chi connectivity index (χ3n) is 8.72. The molecule has 0 amide bonds. The van der Waals surface area contributed by atoms with Gasteiger partial charge >= 0.3 is 5.97 Å². The number of anilines is 1. The highest BCUT2D eigenvalue weighted by Crippen LogP contribution is 2.69. The minimum absolute atomic E-state index is 0.0855. The van der Waals surface area contributed by atoms with Crippen molar-refractivity contribution in [3.05, 3.63) is 29.8 Å². The first-order chi connectivity index (χ1) is 13.0. The number of aliphatic hydroxyl groups excluding tert-OH is 1. The topological polar surface area (TPSA) is 53.0 Å². The van der Waals surface area contributed by atoms with E-state index in [0.717, 1.165) is 19.3 Å². The van der Waals surface area contributed by atoms with E-state index in [9.17, 15) is 9.90 Å². The van der Waals surface area contributed by atoms with Crippen molar-refractivity contribution in [3.8, 4) is 0 Å². The van der Waals surface area contributed by atoms with Crippen LogP contribution in [0.15, 0.2) is 24.3 Å². The van der Waals surface area contributed by atoms with Crippen LogP contribution in [0.25, 0.3) is 0 Å². The summed E-state index contributed by atoms with van der Waals surface area (Å²) in [7, 11) is 2.19. The normalized spacial score (nSPS) is 50.7. The van der Waals surface area contributed by atoms with Crippen LogP contribution in [-0.2, 0) is 14.9 Å². The van der Waals surface area contributed by atoms with E-state index in [2.05, 4.69) is 48.0 Å². The van der Waals surface area contributed by atoms with Crippen molar-refractivity contribution >= 4 is 11.7 Å². The summed E-state index contributed by atoms with van der Waals surface area (Å²) in [6, 6.07) is 9.60. The molecular formula is C22H28N2O3. The summed E-state index contributed by atoms with van der Waals surface area (Å²) in [4.78, 5) is 17.0. The lowest BCUT2D eigenvalue weighted by molar-refractivity contribution is -0.212. The average Bonchev–Trinajstić information content (AvgIpc) is 3.04. The first-order valence-corrected chi connectivity index (χ1v) is 10.5. The van der Waals surface area contributed by atoms with E-state index >= 15 is 0 Å². The number of piperidine rings is 4. The van der Waals surface area contributed by atoms with E-state index < -0.39 is 0 Å². The van der Waals surface area contributed by atoms with Gasteiger partial charge in [-0.3, -0.25) is 9.69 Å². The number of nitrogens with zero attached hydrogens (tertiary/aromatic N) is 2. The largest absolute Gasteiger partial charge is 0.461 e. The second-order valence-corrected chi connectivity index (χ2v) is 9.39. The highest BCUT2D eigenvalue weighted by atomic mass is 16.5. The molecule has 144 valence electrons. The van der Waals surface area contributed by atoms with Gasteiger partial charge in [-0.05, 0) is 36.8 Å². The van der Waals surface area contributed by atoms with Crippen molar-refractivity contribution in [3.63, 3.8) is 0 Å². The molecule has 5 aliphatic heterocycles. The van der Waals surface area contributed by atoms with Crippen LogP contribution in [0.5, 0.6) is 0 Å². The lowest BCUT2D eigenvalue weighted by Crippen LogP contribution is -2.72. The molecule has 10 atom stereocenters. The standard InChI is InChI=1S/C22H28N2O3/c1-4-12-13-9-16-19-22(14-7-5-6-8-15(14)23(19)3)10-17(24(16)21(12)26)18(13)20(22)27-11(2)25/h5-8,12-13,16-21,26H,4,9-10H2,1-3H3/t12-,13+,16+,17+,18?,19+,20?,21+,22-/m1/s1. The molecule has 5 heterocycles. The molecule has 6 aliphatic rings. The van der Waals surface area contributed by atoms with Crippen LogP contribution in [0.3, 0.4) is 0 Å². The van der Waals surface area contributed by atoms with Crippen LogP contribution in [0, 0.1) is 17.8 Å². The zero-order valence-electron chi connectivity index (χ0n) is 16.2. The minimum atomic E-state index is -0.355. The minimum Gasteiger partial charge on any atom is -0.461 e. The number of para-hydroxylation sites is 1. The summed E-state index contributed by atoms with van der Waals surface area (Å²) >= 11 is 0. The molecule has 7 rings (SSSR count). The van der Waals surface area contributed by atoms with Crippen molar-refractivity contribution in [2.75, 3.05) is 11.9 Å². The van der Waals surface area contributed by atoms with Crippen molar-refractivity contribution in [2.45, 2.75) is 69.0 Å². The Morgan fingerprint density at radius 3 is 2.85 bits per heavy atom. The Bertz CT molecular complexity index is 828. The van der Waals surface area contributed by atoms with E-state index in [0.29, 0.717) is 23.9 Å². The lowest BCUT2D eigenvalue weighted by Gasteiger charge is -2.62. The van der Waals surface area contributed by atoms with E-state index in [4.69, 9.17) is 4.74 Å². The number of carbonyl (C=O) groups is 1. The Labute approximate surface area is 160 Å². The number of fused-ring (bicyclic) bond motifs is 2. The third kappa shape index (κ3) is 1.64. The molecule has 1 N–H and O–H groups in total. The Morgan fingerprint density at radius 2 is 2.11 bits per heavy atom. The molecule has 1 aromatic carbocycles. The first kappa shape index (κ1) is 16.4. The highest BCUT2D eigenvalue weighted by molar-refractivity contribution is 5.70. The van der Waals surface area contributed by atoms with Crippen molar-refractivity contribution in [2.24, 2.45) is 17.8 Å². The van der Waals surface area contributed by atoms with Gasteiger partial charge in [0.1, 0.15) is 12.3 Å². The lowest BCUT2D eigenvalue weighted by atomic mass is 9.62. The summed E-state index contributed by atoms with van der Waals surface area (Å²) in [6.45, 7) is 3.74. The van der Waals surface area contributed by atoms with Gasteiger partial charge in [-0.25, -0.2) is 0 Å². The fourth-order valence-electron chi connectivity index (χ4n) is 8.21. The number of hydrogen-bond acceptors (Lipinski definition) is 5. The fourth-order valence-corrected chi connectivity index (χ4v) is 8.21. The summed E-state index contributed by atoms with van der Waals surface area (Å²) < 4.78 is 6.17. The van der Waals surface area contributed by atoms with Gasteiger partial charge in [-0.1, -0.05) is 25.1 Å². The van der Waals surface area contributed by atoms with Gasteiger partial charge in [-0.15, -0.1) is 0 Å². The van der Waals surface area contributed by atoms with Gasteiger partial charge in [0.25, 0.3) is 0 Å². The number of ether oxygens (including phenoxy) is 1. The smallest absolute Gasteiger partial charge is 0.302 e. The van der Waals surface area contributed by atoms with Crippen LogP contribution in [0.4, 0.5) is 5.69 Å². The number of esters is 1. The molecule has 4 saturated heterocycles. The van der Waals surface area contributed by atoms with E-state index in [1.54, 1.807) is 6.92 Å². The second kappa shape index (κ2) is 5.06. The Kier molecular flexibility index (Phi) is 3.07. The van der Waals surface area contributed by atoms with Crippen LogP contribution in [0.2, 0.25) is 0 Å². The van der Waals surface area contributed by atoms with E-state index in [-0.39, 0.29) is 35.7 Å². The molecule has 5 bridgehead atoms. The molecule has 1 spiro atoms. The fraction of sp³-hybridized carbons (Fsp3) is 0.682. The zero-order valence-corrected chi connectivity index (χ0v) is 16.2. The SMILES string of the molecule is CC[C@@H]1[C@@H]2C[C@H]3[C@@H]4N(C)c5ccccc5[C@]45C[C@@H](C2C5OC(C)=O)N3[C@H]1O. The Hall–Kier alpha value is -1.59. The van der Waals surface area contributed by atoms with Crippen LogP contribution >= 0.6 is 0 Å². The molecule has 0 radical (unpaired) electrons. The molecule has 1 aromatic rings. The maximum absolute atomic E-state index is 12.2. The monoisotopic (exact) mass is 368 g/mol. The number of rotatable bonds is 2. The maximum atomic E-state index is 12.2. The molecule has 3 unspecified atom stereocenters. The van der Waals surface area contributed by atoms with Gasteiger partial charge in [0.15, 0.2) is 0 Å². The number of benzene rings is 1. The quantitative estimate of drug-likeness (QED) is 0.811. The highest BCUT2D eigenvalue weighted by Gasteiger charge is 2.77. The van der Waals surface area contributed by atoms with Crippen molar-refractivity contribution < 1.29 is 14.6 Å². The number of likely N-dealkylation sites (N-methyl/N-ethyl adjacent to an activating group) is 1. The molecule has 1 saturated carbocycles. The van der Waals surface area contributed by atoms with E-state index in [1.807, 2.05) is 0 Å². The Morgan fingerprint density at radius 1 is 1.33 bits per heavy atom. The maximum Gasteiger partial charge on any atom is 0.302 e. The van der Waals surface area contributed by atoms with E-state index in [1.165, 1.54) is 11.3 Å². The zero-order chi connectivity index (χ0) is 18.7. The first-order valence-electron chi connectivity index (χ1n) is 10.5. The van der Waals surface area contributed by atoms with Crippen LogP contribution in [-0.4, -0.2) is 53.5 Å². The molecule has 0 aromatic heterocycles. The third-order valence-corrected chi connectivity index (χ3v) is 8.72. The predicted molar refractivity (Wildman–Crippen MR) is 101 cm³/mol. The van der Waals surface area contributed by atoms with Gasteiger partial charge in [0.2, 0.25) is 0 Å². The number of hydrogen-bond donors (Lipinski definition) is 1. The molecule has 5 nitrogen and oxygen atoms in total. The number of carbonyl (C=O) groups excluding carboxylic acids is 1. The van der Waals surface area contributed by atoms with Crippen molar-refractivity contribution in [1.82, 2.24) is 4.90 Å².